The number of likely N-dealkylation sites (N-methyl/N-ethyl adjacent to an activating group) is 1. The monoisotopic (exact) mass is 425 g/mol. The molecule has 0 saturated carbocycles. The molecule has 122 valence electrons. The maximum absolute atomic E-state index is 4.51. The molecule has 0 amide bonds. The van der Waals surface area contributed by atoms with E-state index >= 15 is 0 Å². The molecule has 0 saturated heterocycles. The van der Waals surface area contributed by atoms with Gasteiger partial charge < -0.3 is 15.5 Å². The molecule has 1 aromatic rings. The van der Waals surface area contributed by atoms with E-state index in [1.54, 1.807) is 18.4 Å². The minimum atomic E-state index is 0. The van der Waals surface area contributed by atoms with Crippen molar-refractivity contribution in [3.05, 3.63) is 15.6 Å². The normalized spacial score (nSPS) is 11.7. The highest BCUT2D eigenvalue weighted by atomic mass is 127. The fourth-order valence-corrected chi connectivity index (χ4v) is 2.48. The molecule has 0 aliphatic carbocycles. The van der Waals surface area contributed by atoms with E-state index < -0.39 is 0 Å². The van der Waals surface area contributed by atoms with Gasteiger partial charge in [-0.3, -0.25) is 4.99 Å². The Balaban J connectivity index is 0.00000400. The lowest BCUT2D eigenvalue weighted by atomic mass is 10.3. The molecular weight excluding hydrogens is 397 g/mol. The van der Waals surface area contributed by atoms with Gasteiger partial charge in [-0.1, -0.05) is 0 Å². The Bertz CT molecular complexity index is 425. The molecule has 5 nitrogen and oxygen atoms in total. The fourth-order valence-electron chi connectivity index (χ4n) is 1.60. The standard InChI is InChI=1S/C14H27N5S.HI/c1-10(2)19(6)8-7-16-14(15-5)17-9-13-18-11(3)12(4)20-13;/h10H,7-9H2,1-6H3,(H2,15,16,17);1H. The van der Waals surface area contributed by atoms with E-state index in [1.165, 1.54) is 4.88 Å². The quantitative estimate of drug-likeness (QED) is 0.418. The zero-order chi connectivity index (χ0) is 15.1. The summed E-state index contributed by atoms with van der Waals surface area (Å²) < 4.78 is 0. The number of nitrogens with zero attached hydrogens (tertiary/aromatic N) is 3. The highest BCUT2D eigenvalue weighted by molar-refractivity contribution is 14.0. The first kappa shape index (κ1) is 20.6. The second kappa shape index (κ2) is 10.3. The molecule has 0 atom stereocenters. The van der Waals surface area contributed by atoms with Gasteiger partial charge in [-0.05, 0) is 34.7 Å². The van der Waals surface area contributed by atoms with Gasteiger partial charge in [0.2, 0.25) is 0 Å². The maximum Gasteiger partial charge on any atom is 0.191 e. The molecule has 0 aliphatic rings. The van der Waals surface area contributed by atoms with E-state index in [1.807, 2.05) is 6.92 Å². The van der Waals surface area contributed by atoms with E-state index in [2.05, 4.69) is 53.3 Å². The summed E-state index contributed by atoms with van der Waals surface area (Å²) in [6, 6.07) is 0.563. The SMILES string of the molecule is CN=C(NCCN(C)C(C)C)NCc1nc(C)c(C)s1.I. The molecular formula is C14H28IN5S. The summed E-state index contributed by atoms with van der Waals surface area (Å²) in [7, 11) is 3.92. The molecule has 21 heavy (non-hydrogen) atoms. The summed E-state index contributed by atoms with van der Waals surface area (Å²) in [6.07, 6.45) is 0. The topological polar surface area (TPSA) is 52.6 Å². The molecule has 1 aromatic heterocycles. The van der Waals surface area contributed by atoms with Gasteiger partial charge in [-0.15, -0.1) is 35.3 Å². The van der Waals surface area contributed by atoms with Gasteiger partial charge in [-0.25, -0.2) is 4.98 Å². The number of aromatic nitrogens is 1. The fraction of sp³-hybridized carbons (Fsp3) is 0.714. The van der Waals surface area contributed by atoms with Crippen molar-refractivity contribution in [3.8, 4) is 0 Å². The van der Waals surface area contributed by atoms with Gasteiger partial charge >= 0.3 is 0 Å². The highest BCUT2D eigenvalue weighted by Crippen LogP contribution is 2.15. The van der Waals surface area contributed by atoms with Crippen LogP contribution in [0.2, 0.25) is 0 Å². The van der Waals surface area contributed by atoms with Crippen molar-refractivity contribution in [2.45, 2.75) is 40.3 Å². The van der Waals surface area contributed by atoms with Crippen molar-refractivity contribution in [1.82, 2.24) is 20.5 Å². The van der Waals surface area contributed by atoms with Crippen molar-refractivity contribution < 1.29 is 0 Å². The summed E-state index contributed by atoms with van der Waals surface area (Å²) in [4.78, 5) is 12.3. The zero-order valence-corrected chi connectivity index (χ0v) is 17.0. The van der Waals surface area contributed by atoms with E-state index in [0.717, 1.165) is 36.3 Å². The maximum atomic E-state index is 4.51. The van der Waals surface area contributed by atoms with E-state index in [-0.39, 0.29) is 24.0 Å². The van der Waals surface area contributed by atoms with Crippen LogP contribution in [0.5, 0.6) is 0 Å². The second-order valence-electron chi connectivity index (χ2n) is 5.18. The van der Waals surface area contributed by atoms with Crippen molar-refractivity contribution in [3.63, 3.8) is 0 Å². The van der Waals surface area contributed by atoms with Crippen LogP contribution in [0.3, 0.4) is 0 Å². The number of guanidine groups is 1. The summed E-state index contributed by atoms with van der Waals surface area (Å²) in [5, 5.41) is 7.72. The summed E-state index contributed by atoms with van der Waals surface area (Å²) in [5.74, 6) is 0.827. The van der Waals surface area contributed by atoms with Crippen LogP contribution in [-0.2, 0) is 6.54 Å². The highest BCUT2D eigenvalue weighted by Gasteiger charge is 2.06. The Hall–Kier alpha value is -0.410. The zero-order valence-electron chi connectivity index (χ0n) is 13.9. The van der Waals surface area contributed by atoms with Crippen LogP contribution in [0.4, 0.5) is 0 Å². The number of halogens is 1. The molecule has 0 aliphatic heterocycles. The Morgan fingerprint density at radius 3 is 2.48 bits per heavy atom. The Kier molecular flexibility index (Phi) is 10.1. The number of hydrogen-bond donors (Lipinski definition) is 2. The summed E-state index contributed by atoms with van der Waals surface area (Å²) in [6.45, 7) is 11.1. The van der Waals surface area contributed by atoms with Gasteiger partial charge in [0.05, 0.1) is 12.2 Å². The molecule has 0 radical (unpaired) electrons. The molecule has 0 bridgehead atoms. The number of thiazole rings is 1. The molecule has 0 spiro atoms. The molecule has 0 unspecified atom stereocenters. The average Bonchev–Trinajstić information content (AvgIpc) is 2.72. The molecule has 2 N–H and O–H groups in total. The molecule has 0 fully saturated rings. The largest absolute Gasteiger partial charge is 0.355 e. The van der Waals surface area contributed by atoms with Crippen LogP contribution >= 0.6 is 35.3 Å². The third-order valence-electron chi connectivity index (χ3n) is 3.34. The lowest BCUT2D eigenvalue weighted by Crippen LogP contribution is -2.41. The minimum absolute atomic E-state index is 0. The van der Waals surface area contributed by atoms with E-state index in [0.29, 0.717) is 6.04 Å². The third kappa shape index (κ3) is 7.42. The van der Waals surface area contributed by atoms with Gasteiger partial charge in [0.1, 0.15) is 5.01 Å². The first-order valence-electron chi connectivity index (χ1n) is 7.01. The number of aryl methyl sites for hydroxylation is 2. The predicted octanol–water partition coefficient (Wildman–Crippen LogP) is 2.38. The second-order valence-corrected chi connectivity index (χ2v) is 6.46. The van der Waals surface area contributed by atoms with Gasteiger partial charge in [0.15, 0.2) is 5.96 Å². The van der Waals surface area contributed by atoms with E-state index in [4.69, 9.17) is 0 Å². The van der Waals surface area contributed by atoms with Crippen LogP contribution in [-0.4, -0.2) is 49.1 Å². The van der Waals surface area contributed by atoms with Crippen molar-refractivity contribution in [1.29, 1.82) is 0 Å². The van der Waals surface area contributed by atoms with Crippen molar-refractivity contribution in [2.24, 2.45) is 4.99 Å². The molecule has 1 rings (SSSR count). The number of hydrogen-bond acceptors (Lipinski definition) is 4. The molecule has 7 heteroatoms. The van der Waals surface area contributed by atoms with Gasteiger partial charge in [0.25, 0.3) is 0 Å². The molecule has 0 aromatic carbocycles. The lowest BCUT2D eigenvalue weighted by Gasteiger charge is -2.21. The Morgan fingerprint density at radius 2 is 2.00 bits per heavy atom. The average molecular weight is 425 g/mol. The third-order valence-corrected chi connectivity index (χ3v) is 4.41. The summed E-state index contributed by atoms with van der Waals surface area (Å²) in [5.41, 5.74) is 1.12. The van der Waals surface area contributed by atoms with Crippen molar-refractivity contribution in [2.75, 3.05) is 27.2 Å². The van der Waals surface area contributed by atoms with Crippen molar-refractivity contribution >= 4 is 41.3 Å². The Labute approximate surface area is 149 Å². The van der Waals surface area contributed by atoms with E-state index in [9.17, 15) is 0 Å². The van der Waals surface area contributed by atoms with Crippen LogP contribution in [0.25, 0.3) is 0 Å². The predicted molar refractivity (Wildman–Crippen MR) is 103 cm³/mol. The summed E-state index contributed by atoms with van der Waals surface area (Å²) >= 11 is 1.73. The number of nitrogens with one attached hydrogen (secondary N) is 2. The minimum Gasteiger partial charge on any atom is -0.355 e. The molecule has 1 heterocycles. The van der Waals surface area contributed by atoms with Crippen LogP contribution < -0.4 is 10.6 Å². The number of rotatable bonds is 6. The first-order chi connectivity index (χ1) is 9.43. The first-order valence-corrected chi connectivity index (χ1v) is 7.83. The van der Waals surface area contributed by atoms with Gasteiger partial charge in [0, 0.05) is 31.1 Å². The lowest BCUT2D eigenvalue weighted by molar-refractivity contribution is 0.278. The Morgan fingerprint density at radius 1 is 1.33 bits per heavy atom. The smallest absolute Gasteiger partial charge is 0.191 e. The van der Waals surface area contributed by atoms with Crippen LogP contribution in [0.15, 0.2) is 4.99 Å². The van der Waals surface area contributed by atoms with Crippen LogP contribution in [0, 0.1) is 13.8 Å². The van der Waals surface area contributed by atoms with Crippen LogP contribution in [0.1, 0.15) is 29.4 Å². The number of aliphatic imine (C=N–C) groups is 1. The van der Waals surface area contributed by atoms with Gasteiger partial charge in [-0.2, -0.15) is 0 Å².